The largest absolute Gasteiger partial charge is 0.352 e. The highest BCUT2D eigenvalue weighted by Gasteiger charge is 2.41. The molecule has 162 valence electrons. The second kappa shape index (κ2) is 9.09. The molecule has 0 spiro atoms. The lowest BCUT2D eigenvalue weighted by Gasteiger charge is -2.39. The van der Waals surface area contributed by atoms with Crippen molar-refractivity contribution in [1.29, 1.82) is 5.26 Å². The van der Waals surface area contributed by atoms with Gasteiger partial charge in [0, 0.05) is 27.7 Å². The zero-order chi connectivity index (χ0) is 22.9. The van der Waals surface area contributed by atoms with Crippen LogP contribution in [0.2, 0.25) is 0 Å². The Kier molecular flexibility index (Phi) is 6.41. The maximum absolute atomic E-state index is 13.2. The lowest BCUT2D eigenvalue weighted by molar-refractivity contribution is -0.118. The minimum Gasteiger partial charge on any atom is -0.352 e. The van der Waals surface area contributed by atoms with Gasteiger partial charge in [0.25, 0.3) is 0 Å². The zero-order valence-corrected chi connectivity index (χ0v) is 20.3. The predicted molar refractivity (Wildman–Crippen MR) is 131 cm³/mol. The highest BCUT2D eigenvalue weighted by Crippen LogP contribution is 2.48. The first-order valence-electron chi connectivity index (χ1n) is 10.4. The number of hydrogen-bond donors (Lipinski definition) is 1. The second-order valence-electron chi connectivity index (χ2n) is 8.88. The van der Waals surface area contributed by atoms with Crippen molar-refractivity contribution in [1.82, 2.24) is 5.32 Å². The summed E-state index contributed by atoms with van der Waals surface area (Å²) in [6.07, 6.45) is 1.17. The second-order valence-corrected chi connectivity index (χ2v) is 10.8. The molecular formula is C26H23BrN2O2S. The van der Waals surface area contributed by atoms with Gasteiger partial charge >= 0.3 is 0 Å². The molecule has 4 rings (SSSR count). The third-order valence-corrected chi connectivity index (χ3v) is 7.32. The van der Waals surface area contributed by atoms with E-state index >= 15 is 0 Å². The molecule has 1 aliphatic carbocycles. The van der Waals surface area contributed by atoms with Crippen LogP contribution in [0.3, 0.4) is 0 Å². The van der Waals surface area contributed by atoms with Crippen molar-refractivity contribution in [2.24, 2.45) is 5.41 Å². The number of halogens is 1. The van der Waals surface area contributed by atoms with Crippen LogP contribution < -0.4 is 5.32 Å². The Hall–Kier alpha value is -2.62. The van der Waals surface area contributed by atoms with E-state index in [2.05, 4.69) is 41.2 Å². The number of hydrogen-bond acceptors (Lipinski definition) is 5. The van der Waals surface area contributed by atoms with Gasteiger partial charge in [-0.15, -0.1) is 0 Å². The number of nitriles is 1. The van der Waals surface area contributed by atoms with Crippen LogP contribution in [0, 0.1) is 16.7 Å². The first kappa shape index (κ1) is 22.6. The van der Waals surface area contributed by atoms with Gasteiger partial charge in [0.15, 0.2) is 11.6 Å². The summed E-state index contributed by atoms with van der Waals surface area (Å²) in [7, 11) is 0. The fourth-order valence-electron chi connectivity index (χ4n) is 4.32. The zero-order valence-electron chi connectivity index (χ0n) is 17.9. The number of ketones is 2. The Morgan fingerprint density at radius 1 is 1.16 bits per heavy atom. The molecule has 0 aromatic heterocycles. The molecule has 0 bridgehead atoms. The summed E-state index contributed by atoms with van der Waals surface area (Å²) >= 11 is 4.80. The SMILES string of the molecule is CC1(C)CC(=O)C2=C(C1)NC(SCC(=O)c1ccccc1)=C(C#N)[C@@H]2c1ccc(Br)cc1. The normalized spacial score (nSPS) is 19.8. The van der Waals surface area contributed by atoms with Crippen molar-refractivity contribution in [2.45, 2.75) is 32.6 Å². The molecule has 0 saturated heterocycles. The number of nitrogens with one attached hydrogen (secondary N) is 1. The van der Waals surface area contributed by atoms with Crippen molar-refractivity contribution in [3.05, 3.63) is 92.1 Å². The van der Waals surface area contributed by atoms with Gasteiger partial charge in [0.2, 0.25) is 0 Å². The highest BCUT2D eigenvalue weighted by molar-refractivity contribution is 9.10. The molecule has 1 aliphatic heterocycles. The van der Waals surface area contributed by atoms with Crippen molar-refractivity contribution in [2.75, 3.05) is 5.75 Å². The minimum atomic E-state index is -0.428. The van der Waals surface area contributed by atoms with Crippen LogP contribution >= 0.6 is 27.7 Å². The van der Waals surface area contributed by atoms with Gasteiger partial charge in [-0.2, -0.15) is 5.26 Å². The Labute approximate surface area is 200 Å². The molecule has 0 amide bonds. The van der Waals surface area contributed by atoms with Gasteiger partial charge in [0.05, 0.1) is 28.3 Å². The summed E-state index contributed by atoms with van der Waals surface area (Å²) in [6.45, 7) is 4.17. The maximum Gasteiger partial charge on any atom is 0.173 e. The molecule has 1 atom stereocenters. The van der Waals surface area contributed by atoms with Crippen LogP contribution in [0.15, 0.2) is 80.9 Å². The summed E-state index contributed by atoms with van der Waals surface area (Å²) in [5, 5.41) is 14.2. The van der Waals surface area contributed by atoms with E-state index in [1.165, 1.54) is 11.8 Å². The molecule has 2 aliphatic rings. The third kappa shape index (κ3) is 4.60. The summed E-state index contributed by atoms with van der Waals surface area (Å²) in [6, 6.07) is 19.2. The molecule has 32 heavy (non-hydrogen) atoms. The van der Waals surface area contributed by atoms with Gasteiger partial charge in [-0.3, -0.25) is 9.59 Å². The number of dihydropyridines is 1. The first-order valence-corrected chi connectivity index (χ1v) is 12.2. The van der Waals surface area contributed by atoms with Crippen molar-refractivity contribution in [3.8, 4) is 6.07 Å². The van der Waals surface area contributed by atoms with Crippen LogP contribution in [0.25, 0.3) is 0 Å². The van der Waals surface area contributed by atoms with E-state index in [1.807, 2.05) is 42.5 Å². The van der Waals surface area contributed by atoms with Gasteiger partial charge in [0.1, 0.15) is 0 Å². The lowest BCUT2D eigenvalue weighted by atomic mass is 9.69. The van der Waals surface area contributed by atoms with Crippen LogP contribution in [0.4, 0.5) is 0 Å². The van der Waals surface area contributed by atoms with Crippen molar-refractivity contribution >= 4 is 39.3 Å². The molecule has 0 fully saturated rings. The lowest BCUT2D eigenvalue weighted by Crippen LogP contribution is -2.37. The van der Waals surface area contributed by atoms with E-state index in [1.54, 1.807) is 12.1 Å². The fraction of sp³-hybridized carbons (Fsp3) is 0.269. The summed E-state index contributed by atoms with van der Waals surface area (Å²) in [5.74, 6) is -0.136. The molecule has 0 radical (unpaired) electrons. The smallest absolute Gasteiger partial charge is 0.173 e. The molecule has 4 nitrogen and oxygen atoms in total. The Balaban J connectivity index is 1.73. The number of carbonyl (C=O) groups excluding carboxylic acids is 2. The molecule has 2 aromatic rings. The molecule has 1 N–H and O–H groups in total. The predicted octanol–water partition coefficient (Wildman–Crippen LogP) is 6.13. The van der Waals surface area contributed by atoms with E-state index in [-0.39, 0.29) is 22.7 Å². The number of benzene rings is 2. The number of Topliss-reactive ketones (excluding diaryl/α,β-unsaturated/α-hetero) is 2. The van der Waals surface area contributed by atoms with E-state index in [4.69, 9.17) is 0 Å². The Bertz CT molecular complexity index is 1170. The van der Waals surface area contributed by atoms with Gasteiger partial charge in [-0.1, -0.05) is 84.0 Å². The monoisotopic (exact) mass is 506 g/mol. The van der Waals surface area contributed by atoms with Crippen LogP contribution in [-0.4, -0.2) is 17.3 Å². The van der Waals surface area contributed by atoms with E-state index in [0.717, 1.165) is 22.2 Å². The summed E-state index contributed by atoms with van der Waals surface area (Å²) in [4.78, 5) is 25.9. The molecule has 0 unspecified atom stereocenters. The molecule has 6 heteroatoms. The molecule has 0 saturated carbocycles. The summed E-state index contributed by atoms with van der Waals surface area (Å²) < 4.78 is 0.936. The Morgan fingerprint density at radius 3 is 2.50 bits per heavy atom. The highest BCUT2D eigenvalue weighted by atomic mass is 79.9. The number of nitrogens with zero attached hydrogens (tertiary/aromatic N) is 1. The first-order chi connectivity index (χ1) is 15.3. The van der Waals surface area contributed by atoms with Gasteiger partial charge < -0.3 is 5.32 Å². The van der Waals surface area contributed by atoms with Crippen LogP contribution in [0.5, 0.6) is 0 Å². The topological polar surface area (TPSA) is 70.0 Å². The van der Waals surface area contributed by atoms with Crippen LogP contribution in [-0.2, 0) is 4.79 Å². The maximum atomic E-state index is 13.2. The molecule has 1 heterocycles. The van der Waals surface area contributed by atoms with Gasteiger partial charge in [-0.05, 0) is 29.5 Å². The average Bonchev–Trinajstić information content (AvgIpc) is 2.76. The third-order valence-electron chi connectivity index (χ3n) is 5.77. The number of carbonyl (C=O) groups is 2. The van der Waals surface area contributed by atoms with E-state index in [9.17, 15) is 14.9 Å². The van der Waals surface area contributed by atoms with Crippen molar-refractivity contribution < 1.29 is 9.59 Å². The standard InChI is InChI=1S/C26H23BrN2O2S/c1-26(2)12-20-24(21(30)13-26)23(17-8-10-18(27)11-9-17)19(14-28)25(29-20)32-15-22(31)16-6-4-3-5-7-16/h3-11,23,29H,12-13,15H2,1-2H3/t23-/m0/s1. The minimum absolute atomic E-state index is 0.00204. The number of allylic oxidation sites excluding steroid dienone is 3. The van der Waals surface area contributed by atoms with Gasteiger partial charge in [-0.25, -0.2) is 0 Å². The molecular weight excluding hydrogens is 484 g/mol. The average molecular weight is 507 g/mol. The molecule has 2 aromatic carbocycles. The fourth-order valence-corrected chi connectivity index (χ4v) is 5.54. The van der Waals surface area contributed by atoms with Crippen LogP contribution in [0.1, 0.15) is 48.5 Å². The Morgan fingerprint density at radius 2 is 1.84 bits per heavy atom. The van der Waals surface area contributed by atoms with E-state index in [0.29, 0.717) is 28.2 Å². The quantitative estimate of drug-likeness (QED) is 0.493. The number of rotatable bonds is 5. The van der Waals surface area contributed by atoms with Crippen molar-refractivity contribution in [3.63, 3.8) is 0 Å². The van der Waals surface area contributed by atoms with E-state index < -0.39 is 5.92 Å². The summed E-state index contributed by atoms with van der Waals surface area (Å²) in [5.41, 5.74) is 3.43. The number of thioether (sulfide) groups is 1.